The molecule has 0 N–H and O–H groups in total. The van der Waals surface area contributed by atoms with E-state index in [1.165, 1.54) is 36.9 Å². The fourth-order valence-electron chi connectivity index (χ4n) is 3.38. The first kappa shape index (κ1) is 13.8. The van der Waals surface area contributed by atoms with E-state index in [4.69, 9.17) is 0 Å². The Kier molecular flexibility index (Phi) is 4.22. The van der Waals surface area contributed by atoms with E-state index in [2.05, 4.69) is 67.6 Å². The van der Waals surface area contributed by atoms with Crippen molar-refractivity contribution >= 4 is 12.6 Å². The zero-order valence-electron chi connectivity index (χ0n) is 12.3. The number of benzene rings is 2. The molecule has 0 spiro atoms. The SMILES string of the molecule is CC1CC[P+](Cc2ccccc2)(c2ccccc2)CC1. The highest BCUT2D eigenvalue weighted by Gasteiger charge is 2.42. The summed E-state index contributed by atoms with van der Waals surface area (Å²) in [6.45, 7) is 2.42. The first-order valence-corrected chi connectivity index (χ1v) is 10.1. The van der Waals surface area contributed by atoms with Gasteiger partial charge in [-0.1, -0.05) is 55.5 Å². The molecule has 0 aromatic heterocycles. The average molecular weight is 283 g/mol. The third kappa shape index (κ3) is 2.96. The number of rotatable bonds is 3. The second-order valence-electron chi connectivity index (χ2n) is 6.25. The van der Waals surface area contributed by atoms with Gasteiger partial charge in [0, 0.05) is 0 Å². The van der Waals surface area contributed by atoms with E-state index in [-0.39, 0.29) is 0 Å². The van der Waals surface area contributed by atoms with Gasteiger partial charge in [0.25, 0.3) is 0 Å². The third-order valence-electron chi connectivity index (χ3n) is 4.73. The Morgan fingerprint density at radius 1 is 0.850 bits per heavy atom. The molecule has 0 radical (unpaired) electrons. The smallest absolute Gasteiger partial charge is 0.0622 e. The molecule has 0 atom stereocenters. The highest BCUT2D eigenvalue weighted by molar-refractivity contribution is 7.82. The van der Waals surface area contributed by atoms with E-state index in [0.29, 0.717) is 0 Å². The van der Waals surface area contributed by atoms with Crippen molar-refractivity contribution in [2.45, 2.75) is 25.9 Å². The lowest BCUT2D eigenvalue weighted by atomic mass is 10.1. The molecular formula is C19H24P+. The summed E-state index contributed by atoms with van der Waals surface area (Å²) in [5, 5.41) is 1.65. The minimum absolute atomic E-state index is 0.919. The molecule has 1 aliphatic rings. The highest BCUT2D eigenvalue weighted by Crippen LogP contribution is 2.64. The molecule has 2 aromatic rings. The van der Waals surface area contributed by atoms with Crippen LogP contribution in [0.2, 0.25) is 0 Å². The van der Waals surface area contributed by atoms with E-state index in [1.54, 1.807) is 5.30 Å². The van der Waals surface area contributed by atoms with Crippen molar-refractivity contribution in [3.8, 4) is 0 Å². The predicted octanol–water partition coefficient (Wildman–Crippen LogP) is 4.96. The van der Waals surface area contributed by atoms with Crippen LogP contribution in [0.4, 0.5) is 0 Å². The summed E-state index contributed by atoms with van der Waals surface area (Å²) in [4.78, 5) is 0. The molecule has 0 bridgehead atoms. The first-order valence-electron chi connectivity index (χ1n) is 7.74. The molecule has 20 heavy (non-hydrogen) atoms. The fourth-order valence-corrected chi connectivity index (χ4v) is 8.20. The lowest BCUT2D eigenvalue weighted by Crippen LogP contribution is -2.25. The van der Waals surface area contributed by atoms with Crippen molar-refractivity contribution < 1.29 is 0 Å². The Bertz CT molecular complexity index is 524. The molecule has 0 aliphatic carbocycles. The van der Waals surface area contributed by atoms with E-state index in [0.717, 1.165) is 5.92 Å². The maximum atomic E-state index is 2.42. The van der Waals surface area contributed by atoms with Crippen LogP contribution in [0, 0.1) is 5.92 Å². The van der Waals surface area contributed by atoms with Crippen molar-refractivity contribution in [3.63, 3.8) is 0 Å². The van der Waals surface area contributed by atoms with Gasteiger partial charge in [0.1, 0.15) is 0 Å². The molecule has 2 aromatic carbocycles. The summed E-state index contributed by atoms with van der Waals surface area (Å²) < 4.78 is 0. The largest absolute Gasteiger partial charge is 0.0943 e. The Morgan fingerprint density at radius 3 is 2.00 bits per heavy atom. The van der Waals surface area contributed by atoms with Gasteiger partial charge in [-0.15, -0.1) is 0 Å². The lowest BCUT2D eigenvalue weighted by Gasteiger charge is -2.33. The standard InChI is InChI=1S/C19H24P/c1-17-12-14-20(15-13-17,19-10-6-3-7-11-19)16-18-8-4-2-5-9-18/h2-11,17H,12-16H2,1H3/q+1. The molecule has 1 fully saturated rings. The molecular weight excluding hydrogens is 259 g/mol. The van der Waals surface area contributed by atoms with Crippen LogP contribution < -0.4 is 5.30 Å². The summed E-state index contributed by atoms with van der Waals surface area (Å²) >= 11 is 0. The summed E-state index contributed by atoms with van der Waals surface area (Å²) in [5.74, 6) is 0.919. The van der Waals surface area contributed by atoms with Crippen LogP contribution in [-0.2, 0) is 6.16 Å². The second-order valence-corrected chi connectivity index (χ2v) is 10.3. The molecule has 1 aliphatic heterocycles. The summed E-state index contributed by atoms with van der Waals surface area (Å²) in [7, 11) is -1.00. The Hall–Kier alpha value is -1.13. The summed E-state index contributed by atoms with van der Waals surface area (Å²) in [6.07, 6.45) is 7.00. The van der Waals surface area contributed by atoms with Gasteiger partial charge in [-0.2, -0.15) is 0 Å². The monoisotopic (exact) mass is 283 g/mol. The molecule has 104 valence electrons. The first-order chi connectivity index (χ1) is 9.78. The van der Waals surface area contributed by atoms with Crippen molar-refractivity contribution in [2.24, 2.45) is 5.92 Å². The van der Waals surface area contributed by atoms with Gasteiger partial charge in [0.2, 0.25) is 0 Å². The van der Waals surface area contributed by atoms with Crippen molar-refractivity contribution in [1.82, 2.24) is 0 Å². The van der Waals surface area contributed by atoms with E-state index >= 15 is 0 Å². The maximum Gasteiger partial charge on any atom is 0.0943 e. The van der Waals surface area contributed by atoms with Gasteiger partial charge in [-0.25, -0.2) is 0 Å². The Labute approximate surface area is 123 Å². The third-order valence-corrected chi connectivity index (χ3v) is 9.32. The van der Waals surface area contributed by atoms with Crippen LogP contribution in [0.3, 0.4) is 0 Å². The highest BCUT2D eigenvalue weighted by atomic mass is 31.2. The van der Waals surface area contributed by atoms with Gasteiger partial charge in [-0.05, 0) is 36.5 Å². The number of hydrogen-bond acceptors (Lipinski definition) is 0. The van der Waals surface area contributed by atoms with Gasteiger partial charge in [0.15, 0.2) is 0 Å². The van der Waals surface area contributed by atoms with Crippen LogP contribution in [0.15, 0.2) is 60.7 Å². The minimum Gasteiger partial charge on any atom is -0.0622 e. The van der Waals surface area contributed by atoms with Gasteiger partial charge in [-0.3, -0.25) is 0 Å². The van der Waals surface area contributed by atoms with Crippen molar-refractivity contribution in [3.05, 3.63) is 66.2 Å². The summed E-state index contributed by atoms with van der Waals surface area (Å²) in [5.41, 5.74) is 1.53. The topological polar surface area (TPSA) is 0 Å². The lowest BCUT2D eigenvalue weighted by molar-refractivity contribution is 0.531. The molecule has 3 rings (SSSR count). The van der Waals surface area contributed by atoms with Crippen molar-refractivity contribution in [1.29, 1.82) is 0 Å². The Morgan fingerprint density at radius 2 is 1.40 bits per heavy atom. The van der Waals surface area contributed by atoms with E-state index in [9.17, 15) is 0 Å². The van der Waals surface area contributed by atoms with Crippen LogP contribution in [0.1, 0.15) is 25.3 Å². The zero-order valence-corrected chi connectivity index (χ0v) is 13.2. The molecule has 0 unspecified atom stereocenters. The van der Waals surface area contributed by atoms with E-state index in [1.807, 2.05) is 0 Å². The van der Waals surface area contributed by atoms with Gasteiger partial charge >= 0.3 is 0 Å². The molecule has 1 heterocycles. The molecule has 0 saturated carbocycles. The van der Waals surface area contributed by atoms with Crippen LogP contribution in [0.5, 0.6) is 0 Å². The minimum atomic E-state index is -1.00. The molecule has 0 nitrogen and oxygen atoms in total. The van der Waals surface area contributed by atoms with E-state index < -0.39 is 7.26 Å². The number of hydrogen-bond donors (Lipinski definition) is 0. The average Bonchev–Trinajstić information content (AvgIpc) is 2.52. The predicted molar refractivity (Wildman–Crippen MR) is 91.3 cm³/mol. The quantitative estimate of drug-likeness (QED) is 0.698. The van der Waals surface area contributed by atoms with Crippen LogP contribution >= 0.6 is 7.26 Å². The summed E-state index contributed by atoms with van der Waals surface area (Å²) in [6, 6.07) is 22.5. The molecule has 0 amide bonds. The molecule has 1 heteroatoms. The normalized spacial score (nSPS) is 26.4. The van der Waals surface area contributed by atoms with Crippen LogP contribution in [-0.4, -0.2) is 12.3 Å². The second kappa shape index (κ2) is 6.10. The molecule has 1 saturated heterocycles. The fraction of sp³-hybridized carbons (Fsp3) is 0.368. The maximum absolute atomic E-state index is 2.42. The van der Waals surface area contributed by atoms with Gasteiger partial charge in [0.05, 0.1) is 31.1 Å². The zero-order chi connectivity index (χ0) is 13.8. The Balaban J connectivity index is 1.92. The van der Waals surface area contributed by atoms with Crippen LogP contribution in [0.25, 0.3) is 0 Å². The van der Waals surface area contributed by atoms with Gasteiger partial charge < -0.3 is 0 Å². The van der Waals surface area contributed by atoms with Crippen molar-refractivity contribution in [2.75, 3.05) is 12.3 Å².